The SMILES string of the molecule is CN(C)c1ccc(/C=C2\CCc3ccccc32)cc1.CN(C)c1ccc(CC2=CCc3ccccc32)cc1.CN(C)c1ccc(CC2C=Cc3ccccc32)cc1. The van der Waals surface area contributed by atoms with E-state index in [2.05, 4.69) is 227 Å². The molecule has 0 amide bonds. The molecule has 0 aromatic heterocycles. The van der Waals surface area contributed by atoms with Crippen molar-refractivity contribution < 1.29 is 0 Å². The molecule has 9 rings (SSSR count). The quantitative estimate of drug-likeness (QED) is 0.153. The number of benzene rings is 6. The van der Waals surface area contributed by atoms with Gasteiger partial charge in [-0.2, -0.15) is 0 Å². The highest BCUT2D eigenvalue weighted by Gasteiger charge is 2.18. The molecule has 0 radical (unpaired) electrons. The number of hydrogen-bond donors (Lipinski definition) is 0. The second-order valence-electron chi connectivity index (χ2n) is 16.0. The molecule has 1 atom stereocenters. The number of nitrogens with zero attached hydrogens (tertiary/aromatic N) is 3. The van der Waals surface area contributed by atoms with Gasteiger partial charge >= 0.3 is 0 Å². The summed E-state index contributed by atoms with van der Waals surface area (Å²) in [5, 5.41) is 0. The Bertz CT molecular complexity index is 2340. The van der Waals surface area contributed by atoms with Crippen LogP contribution in [-0.2, 0) is 25.7 Å². The molecule has 0 saturated carbocycles. The minimum absolute atomic E-state index is 0.529. The van der Waals surface area contributed by atoms with Crippen LogP contribution in [0.3, 0.4) is 0 Å². The highest BCUT2D eigenvalue weighted by molar-refractivity contribution is 5.85. The van der Waals surface area contributed by atoms with Crippen LogP contribution < -0.4 is 14.7 Å². The standard InChI is InChI=1S/3C18H19N/c3*1-19(2)17-11-7-14(8-12-17)13-16-10-9-15-5-3-4-6-18(15)16/h3-8,11-13H,9-10H2,1-2H3;3-8,10-12H,9,13H2,1-2H3;3-12,16H,13H2,1-2H3/b16-13+;;. The van der Waals surface area contributed by atoms with Gasteiger partial charge in [0.1, 0.15) is 0 Å². The summed E-state index contributed by atoms with van der Waals surface area (Å²) in [4.78, 5) is 6.39. The molecular formula is C54H57N3. The third kappa shape index (κ3) is 9.85. The summed E-state index contributed by atoms with van der Waals surface area (Å²) >= 11 is 0. The third-order valence-corrected chi connectivity index (χ3v) is 11.4. The average molecular weight is 748 g/mol. The van der Waals surface area contributed by atoms with Gasteiger partial charge in [0.15, 0.2) is 0 Å². The lowest BCUT2D eigenvalue weighted by Crippen LogP contribution is -2.08. The van der Waals surface area contributed by atoms with Gasteiger partial charge in [0, 0.05) is 65.3 Å². The molecule has 0 N–H and O–H groups in total. The lowest BCUT2D eigenvalue weighted by Gasteiger charge is -2.14. The smallest absolute Gasteiger partial charge is 0.0361 e. The fourth-order valence-electron chi connectivity index (χ4n) is 8.02. The topological polar surface area (TPSA) is 9.72 Å². The first kappa shape index (κ1) is 39.2. The van der Waals surface area contributed by atoms with E-state index in [-0.39, 0.29) is 0 Å². The van der Waals surface area contributed by atoms with Crippen LogP contribution in [0.25, 0.3) is 23.3 Å². The first-order valence-electron chi connectivity index (χ1n) is 20.3. The number of aryl methyl sites for hydroxylation is 1. The second kappa shape index (κ2) is 18.3. The van der Waals surface area contributed by atoms with Gasteiger partial charge in [-0.3, -0.25) is 0 Å². The van der Waals surface area contributed by atoms with E-state index in [9.17, 15) is 0 Å². The lowest BCUT2D eigenvalue weighted by molar-refractivity contribution is 0.850. The van der Waals surface area contributed by atoms with Crippen LogP contribution in [-0.4, -0.2) is 42.3 Å². The van der Waals surface area contributed by atoms with Gasteiger partial charge in [-0.1, -0.05) is 133 Å². The van der Waals surface area contributed by atoms with Gasteiger partial charge in [-0.15, -0.1) is 0 Å². The Morgan fingerprint density at radius 3 is 1.72 bits per heavy atom. The van der Waals surface area contributed by atoms with E-state index in [0.29, 0.717) is 5.92 Å². The maximum atomic E-state index is 2.37. The number of hydrogen-bond acceptors (Lipinski definition) is 3. The van der Waals surface area contributed by atoms with Crippen molar-refractivity contribution in [3.8, 4) is 0 Å². The molecule has 0 heterocycles. The van der Waals surface area contributed by atoms with Crippen LogP contribution in [0.15, 0.2) is 158 Å². The molecule has 3 aliphatic rings. The highest BCUT2D eigenvalue weighted by Crippen LogP contribution is 2.35. The molecule has 57 heavy (non-hydrogen) atoms. The number of fused-ring (bicyclic) bond motifs is 3. The molecule has 0 fully saturated rings. The summed E-state index contributed by atoms with van der Waals surface area (Å²) in [5.74, 6) is 0.529. The Morgan fingerprint density at radius 2 is 1.07 bits per heavy atom. The Balaban J connectivity index is 0.000000131. The molecule has 1 unspecified atom stereocenters. The summed E-state index contributed by atoms with van der Waals surface area (Å²) in [6.07, 6.45) is 14.8. The van der Waals surface area contributed by atoms with Crippen molar-refractivity contribution in [2.24, 2.45) is 0 Å². The lowest BCUT2D eigenvalue weighted by atomic mass is 9.94. The fraction of sp³-hybridized carbons (Fsp3) is 0.222. The molecule has 3 nitrogen and oxygen atoms in total. The van der Waals surface area contributed by atoms with E-state index in [1.54, 1.807) is 0 Å². The van der Waals surface area contributed by atoms with E-state index in [0.717, 1.165) is 25.7 Å². The van der Waals surface area contributed by atoms with Crippen LogP contribution in [0.1, 0.15) is 62.4 Å². The summed E-state index contributed by atoms with van der Waals surface area (Å²) in [6, 6.07) is 52.6. The largest absolute Gasteiger partial charge is 0.378 e. The fourth-order valence-corrected chi connectivity index (χ4v) is 8.02. The molecule has 6 aromatic rings. The minimum Gasteiger partial charge on any atom is -0.378 e. The van der Waals surface area contributed by atoms with E-state index in [1.807, 2.05) is 0 Å². The zero-order chi connectivity index (χ0) is 39.7. The van der Waals surface area contributed by atoms with Crippen molar-refractivity contribution in [2.45, 2.75) is 38.0 Å². The molecule has 0 aliphatic heterocycles. The first-order chi connectivity index (χ1) is 27.7. The van der Waals surface area contributed by atoms with Crippen molar-refractivity contribution in [3.05, 3.63) is 208 Å². The number of allylic oxidation sites excluding steroid dienone is 4. The zero-order valence-corrected chi connectivity index (χ0v) is 34.6. The summed E-state index contributed by atoms with van der Waals surface area (Å²) in [5.41, 5.74) is 19.4. The highest BCUT2D eigenvalue weighted by atomic mass is 15.1. The summed E-state index contributed by atoms with van der Waals surface area (Å²) < 4.78 is 0. The zero-order valence-electron chi connectivity index (χ0n) is 34.6. The Kier molecular flexibility index (Phi) is 12.6. The predicted molar refractivity (Wildman–Crippen MR) is 249 cm³/mol. The minimum atomic E-state index is 0.529. The monoisotopic (exact) mass is 747 g/mol. The average Bonchev–Trinajstić information content (AvgIpc) is 3.96. The third-order valence-electron chi connectivity index (χ3n) is 11.4. The van der Waals surface area contributed by atoms with Crippen LogP contribution in [0.5, 0.6) is 0 Å². The summed E-state index contributed by atoms with van der Waals surface area (Å²) in [6.45, 7) is 0. The number of anilines is 3. The van der Waals surface area contributed by atoms with Gasteiger partial charge in [-0.25, -0.2) is 0 Å². The van der Waals surface area contributed by atoms with Gasteiger partial charge in [-0.05, 0) is 130 Å². The van der Waals surface area contributed by atoms with Crippen molar-refractivity contribution in [1.82, 2.24) is 0 Å². The predicted octanol–water partition coefficient (Wildman–Crippen LogP) is 12.3. The molecule has 0 bridgehead atoms. The van der Waals surface area contributed by atoms with E-state index in [1.165, 1.54) is 84.7 Å². The Hall–Kier alpha value is -6.06. The van der Waals surface area contributed by atoms with Crippen LogP contribution in [0, 0.1) is 0 Å². The molecule has 288 valence electrons. The first-order valence-corrected chi connectivity index (χ1v) is 20.3. The van der Waals surface area contributed by atoms with Gasteiger partial charge < -0.3 is 14.7 Å². The van der Waals surface area contributed by atoms with Crippen molar-refractivity contribution in [2.75, 3.05) is 57.0 Å². The Morgan fingerprint density at radius 1 is 0.526 bits per heavy atom. The maximum Gasteiger partial charge on any atom is 0.0361 e. The molecule has 0 spiro atoms. The van der Waals surface area contributed by atoms with Crippen molar-refractivity contribution >= 4 is 40.4 Å². The van der Waals surface area contributed by atoms with Crippen LogP contribution in [0.2, 0.25) is 0 Å². The van der Waals surface area contributed by atoms with Crippen molar-refractivity contribution in [1.29, 1.82) is 0 Å². The normalized spacial score (nSPS) is 15.0. The van der Waals surface area contributed by atoms with Crippen LogP contribution >= 0.6 is 0 Å². The summed E-state index contributed by atoms with van der Waals surface area (Å²) in [7, 11) is 12.4. The maximum absolute atomic E-state index is 2.37. The number of rotatable bonds is 8. The Labute approximate surface area is 341 Å². The van der Waals surface area contributed by atoms with Gasteiger partial charge in [0.25, 0.3) is 0 Å². The molecule has 6 aromatic carbocycles. The van der Waals surface area contributed by atoms with Crippen molar-refractivity contribution in [3.63, 3.8) is 0 Å². The van der Waals surface area contributed by atoms with Gasteiger partial charge in [0.2, 0.25) is 0 Å². The molecule has 0 saturated heterocycles. The van der Waals surface area contributed by atoms with E-state index < -0.39 is 0 Å². The van der Waals surface area contributed by atoms with E-state index >= 15 is 0 Å². The van der Waals surface area contributed by atoms with Gasteiger partial charge in [0.05, 0.1) is 0 Å². The molecule has 3 aliphatic carbocycles. The molecular weight excluding hydrogens is 691 g/mol. The second-order valence-corrected chi connectivity index (χ2v) is 16.0. The molecule has 3 heteroatoms. The van der Waals surface area contributed by atoms with E-state index in [4.69, 9.17) is 0 Å². The van der Waals surface area contributed by atoms with Crippen LogP contribution in [0.4, 0.5) is 17.1 Å².